The fraction of sp³-hybridized carbons (Fsp3) is 0.286. The molecule has 0 saturated carbocycles. The Morgan fingerprint density at radius 1 is 1.33 bits per heavy atom. The predicted molar refractivity (Wildman–Crippen MR) is 75.2 cm³/mol. The number of aryl methyl sites for hydroxylation is 1. The lowest BCUT2D eigenvalue weighted by Crippen LogP contribution is -2.31. The minimum atomic E-state index is -0.960. The summed E-state index contributed by atoms with van der Waals surface area (Å²) < 4.78 is 1.50. The molecule has 2 aromatic rings. The lowest BCUT2D eigenvalue weighted by molar-refractivity contribution is -0.140. The third kappa shape index (κ3) is 3.65. The van der Waals surface area contributed by atoms with Crippen molar-refractivity contribution >= 4 is 11.9 Å². The Bertz CT molecular complexity index is 648. The van der Waals surface area contributed by atoms with Gasteiger partial charge in [0.2, 0.25) is 0 Å². The zero-order chi connectivity index (χ0) is 15.4. The van der Waals surface area contributed by atoms with E-state index in [4.69, 9.17) is 5.11 Å². The van der Waals surface area contributed by atoms with Crippen molar-refractivity contribution in [1.29, 1.82) is 0 Å². The van der Waals surface area contributed by atoms with E-state index < -0.39 is 17.8 Å². The van der Waals surface area contributed by atoms with Crippen molar-refractivity contribution in [2.45, 2.75) is 13.8 Å². The summed E-state index contributed by atoms with van der Waals surface area (Å²) in [5, 5.41) is 19.0. The zero-order valence-electron chi connectivity index (χ0n) is 11.8. The molecular formula is C14H16N4O3. The number of carbonyl (C=O) groups is 2. The van der Waals surface area contributed by atoms with Gasteiger partial charge in [-0.3, -0.25) is 9.59 Å². The predicted octanol–water partition coefficient (Wildman–Crippen LogP) is 1.03. The highest BCUT2D eigenvalue weighted by molar-refractivity contribution is 5.92. The highest BCUT2D eigenvalue weighted by atomic mass is 16.4. The largest absolute Gasteiger partial charge is 0.481 e. The maximum atomic E-state index is 11.9. The number of carboxylic acid groups (broad SMARTS) is 1. The number of rotatable bonds is 5. The number of hydrogen-bond donors (Lipinski definition) is 2. The molecule has 110 valence electrons. The molecule has 0 aliphatic heterocycles. The summed E-state index contributed by atoms with van der Waals surface area (Å²) >= 11 is 0. The van der Waals surface area contributed by atoms with Crippen molar-refractivity contribution in [3.05, 3.63) is 41.7 Å². The Morgan fingerprint density at radius 2 is 2.00 bits per heavy atom. The molecule has 1 unspecified atom stereocenters. The first-order chi connectivity index (χ1) is 9.97. The maximum Gasteiger partial charge on any atom is 0.308 e. The summed E-state index contributed by atoms with van der Waals surface area (Å²) in [6, 6.07) is 7.62. The smallest absolute Gasteiger partial charge is 0.308 e. The normalized spacial score (nSPS) is 11.9. The molecule has 1 atom stereocenters. The van der Waals surface area contributed by atoms with Gasteiger partial charge < -0.3 is 10.4 Å². The van der Waals surface area contributed by atoms with E-state index in [9.17, 15) is 9.59 Å². The van der Waals surface area contributed by atoms with Gasteiger partial charge in [0, 0.05) is 6.54 Å². The number of benzene rings is 1. The van der Waals surface area contributed by atoms with E-state index in [0.717, 1.165) is 11.3 Å². The molecule has 0 fully saturated rings. The Labute approximate surface area is 121 Å². The first kappa shape index (κ1) is 14.7. The minimum Gasteiger partial charge on any atom is -0.481 e. The quantitative estimate of drug-likeness (QED) is 0.856. The third-order valence-corrected chi connectivity index (χ3v) is 3.01. The molecular weight excluding hydrogens is 272 g/mol. The second-order valence-electron chi connectivity index (χ2n) is 4.83. The SMILES string of the molecule is Cc1ccc(-n2cc(C(=O)NCC(C)C(=O)O)nn2)cc1. The number of nitrogens with one attached hydrogen (secondary N) is 1. The third-order valence-electron chi connectivity index (χ3n) is 3.01. The summed E-state index contributed by atoms with van der Waals surface area (Å²) in [7, 11) is 0. The molecule has 2 N–H and O–H groups in total. The van der Waals surface area contributed by atoms with Gasteiger partial charge in [0.05, 0.1) is 17.8 Å². The van der Waals surface area contributed by atoms with Gasteiger partial charge in [-0.05, 0) is 19.1 Å². The highest BCUT2D eigenvalue weighted by Crippen LogP contribution is 2.08. The topological polar surface area (TPSA) is 97.1 Å². The van der Waals surface area contributed by atoms with Gasteiger partial charge in [-0.25, -0.2) is 4.68 Å². The van der Waals surface area contributed by atoms with Crippen LogP contribution in [0.1, 0.15) is 23.0 Å². The van der Waals surface area contributed by atoms with E-state index >= 15 is 0 Å². The number of carboxylic acids is 1. The van der Waals surface area contributed by atoms with E-state index in [1.807, 2.05) is 31.2 Å². The van der Waals surface area contributed by atoms with E-state index in [1.165, 1.54) is 17.8 Å². The number of aromatic nitrogens is 3. The van der Waals surface area contributed by atoms with E-state index in [0.29, 0.717) is 0 Å². The van der Waals surface area contributed by atoms with Crippen LogP contribution in [-0.2, 0) is 4.79 Å². The fourth-order valence-electron chi connectivity index (χ4n) is 1.62. The average Bonchev–Trinajstić information content (AvgIpc) is 2.94. The fourth-order valence-corrected chi connectivity index (χ4v) is 1.62. The summed E-state index contributed by atoms with van der Waals surface area (Å²) in [4.78, 5) is 22.5. The van der Waals surface area contributed by atoms with Gasteiger partial charge in [-0.1, -0.05) is 29.8 Å². The Hall–Kier alpha value is -2.70. The van der Waals surface area contributed by atoms with Crippen molar-refractivity contribution < 1.29 is 14.7 Å². The number of aliphatic carboxylic acids is 1. The van der Waals surface area contributed by atoms with Crippen LogP contribution in [0.25, 0.3) is 5.69 Å². The molecule has 0 aliphatic carbocycles. The first-order valence-corrected chi connectivity index (χ1v) is 6.48. The van der Waals surface area contributed by atoms with Gasteiger partial charge >= 0.3 is 5.97 Å². The second-order valence-corrected chi connectivity index (χ2v) is 4.83. The minimum absolute atomic E-state index is 0.0472. The number of nitrogens with zero attached hydrogens (tertiary/aromatic N) is 3. The molecule has 7 nitrogen and oxygen atoms in total. The summed E-state index contributed by atoms with van der Waals surface area (Å²) in [5.74, 6) is -2.05. The highest BCUT2D eigenvalue weighted by Gasteiger charge is 2.15. The van der Waals surface area contributed by atoms with Crippen LogP contribution >= 0.6 is 0 Å². The zero-order valence-corrected chi connectivity index (χ0v) is 11.8. The van der Waals surface area contributed by atoms with Crippen LogP contribution in [0.15, 0.2) is 30.5 Å². The van der Waals surface area contributed by atoms with Crippen LogP contribution in [0.5, 0.6) is 0 Å². The van der Waals surface area contributed by atoms with Crippen molar-refractivity contribution in [1.82, 2.24) is 20.3 Å². The second kappa shape index (κ2) is 6.17. The average molecular weight is 288 g/mol. The molecule has 0 radical (unpaired) electrons. The summed E-state index contributed by atoms with van der Waals surface area (Å²) in [5.41, 5.74) is 2.07. The van der Waals surface area contributed by atoms with Crippen LogP contribution in [0.4, 0.5) is 0 Å². The number of carbonyl (C=O) groups excluding carboxylic acids is 1. The molecule has 0 bridgehead atoms. The molecule has 0 saturated heterocycles. The first-order valence-electron chi connectivity index (χ1n) is 6.48. The van der Waals surface area contributed by atoms with Crippen LogP contribution in [0.2, 0.25) is 0 Å². The molecule has 0 aliphatic rings. The van der Waals surface area contributed by atoms with Crippen molar-refractivity contribution in [3.63, 3.8) is 0 Å². The van der Waals surface area contributed by atoms with E-state index in [1.54, 1.807) is 0 Å². The lowest BCUT2D eigenvalue weighted by atomic mass is 10.2. The Kier molecular flexibility index (Phi) is 4.32. The van der Waals surface area contributed by atoms with Crippen LogP contribution in [0.3, 0.4) is 0 Å². The van der Waals surface area contributed by atoms with Crippen LogP contribution in [-0.4, -0.2) is 38.5 Å². The number of hydrogen-bond acceptors (Lipinski definition) is 4. The molecule has 2 rings (SSSR count). The van der Waals surface area contributed by atoms with Gasteiger partial charge in [0.1, 0.15) is 0 Å². The van der Waals surface area contributed by atoms with Crippen LogP contribution < -0.4 is 5.32 Å². The molecule has 1 heterocycles. The summed E-state index contributed by atoms with van der Waals surface area (Å²) in [6.07, 6.45) is 1.51. The van der Waals surface area contributed by atoms with E-state index in [2.05, 4.69) is 15.6 Å². The molecule has 1 amide bonds. The van der Waals surface area contributed by atoms with Gasteiger partial charge in [0.15, 0.2) is 5.69 Å². The van der Waals surface area contributed by atoms with Crippen molar-refractivity contribution in [2.24, 2.45) is 5.92 Å². The standard InChI is InChI=1S/C14H16N4O3/c1-9-3-5-11(6-4-9)18-8-12(16-17-18)13(19)15-7-10(2)14(20)21/h3-6,8,10H,7H2,1-2H3,(H,15,19)(H,20,21). The molecule has 0 spiro atoms. The molecule has 7 heteroatoms. The molecule has 1 aromatic heterocycles. The van der Waals surface area contributed by atoms with Crippen LogP contribution in [0, 0.1) is 12.8 Å². The van der Waals surface area contributed by atoms with Gasteiger partial charge in [-0.15, -0.1) is 5.10 Å². The van der Waals surface area contributed by atoms with Crippen molar-refractivity contribution in [2.75, 3.05) is 6.54 Å². The van der Waals surface area contributed by atoms with Gasteiger partial charge in [-0.2, -0.15) is 0 Å². The monoisotopic (exact) mass is 288 g/mol. The molecule has 21 heavy (non-hydrogen) atoms. The van der Waals surface area contributed by atoms with Crippen molar-refractivity contribution in [3.8, 4) is 5.69 Å². The van der Waals surface area contributed by atoms with Gasteiger partial charge in [0.25, 0.3) is 5.91 Å². The van der Waals surface area contributed by atoms with E-state index in [-0.39, 0.29) is 12.2 Å². The lowest BCUT2D eigenvalue weighted by Gasteiger charge is -2.06. The molecule has 1 aromatic carbocycles. The summed E-state index contributed by atoms with van der Waals surface area (Å²) in [6.45, 7) is 3.55. The number of amides is 1. The maximum absolute atomic E-state index is 11.9. The Balaban J connectivity index is 2.04. The Morgan fingerprint density at radius 3 is 2.62 bits per heavy atom.